The second kappa shape index (κ2) is 5.37. The fourth-order valence-electron chi connectivity index (χ4n) is 3.92. The van der Waals surface area contributed by atoms with Crippen LogP contribution in [-0.4, -0.2) is 45.9 Å². The van der Waals surface area contributed by atoms with Crippen LogP contribution in [0.15, 0.2) is 28.9 Å². The monoisotopic (exact) mass is 312 g/mol. The van der Waals surface area contributed by atoms with Gasteiger partial charge >= 0.3 is 0 Å². The topological polar surface area (TPSA) is 62.5 Å². The van der Waals surface area contributed by atoms with E-state index in [-0.39, 0.29) is 11.9 Å². The van der Waals surface area contributed by atoms with E-state index in [1.54, 1.807) is 12.4 Å². The van der Waals surface area contributed by atoms with Gasteiger partial charge in [0.05, 0.1) is 17.6 Å². The van der Waals surface area contributed by atoms with E-state index in [0.29, 0.717) is 17.4 Å². The number of fused-ring (bicyclic) bond motifs is 1. The fraction of sp³-hybridized carbons (Fsp3) is 0.471. The Morgan fingerprint density at radius 3 is 2.61 bits per heavy atom. The van der Waals surface area contributed by atoms with Gasteiger partial charge in [0, 0.05) is 25.5 Å². The highest BCUT2D eigenvalue weighted by atomic mass is 16.3. The lowest BCUT2D eigenvalue weighted by atomic mass is 10.1. The second-order valence-corrected chi connectivity index (χ2v) is 6.28. The van der Waals surface area contributed by atoms with Gasteiger partial charge in [-0.25, -0.2) is 9.97 Å². The molecular formula is C17H20N4O2. The highest BCUT2D eigenvalue weighted by molar-refractivity contribution is 5.95. The summed E-state index contributed by atoms with van der Waals surface area (Å²) in [5.41, 5.74) is 0.692. The van der Waals surface area contributed by atoms with Crippen molar-refractivity contribution in [2.45, 2.75) is 38.8 Å². The van der Waals surface area contributed by atoms with E-state index in [9.17, 15) is 4.79 Å². The van der Waals surface area contributed by atoms with Gasteiger partial charge in [-0.15, -0.1) is 0 Å². The van der Waals surface area contributed by atoms with Gasteiger partial charge in [-0.3, -0.25) is 4.79 Å². The zero-order valence-corrected chi connectivity index (χ0v) is 13.4. The van der Waals surface area contributed by atoms with Gasteiger partial charge in [-0.05, 0) is 38.8 Å². The van der Waals surface area contributed by atoms with Crippen LogP contribution in [0.5, 0.6) is 0 Å². The third-order valence-electron chi connectivity index (χ3n) is 4.92. The second-order valence-electron chi connectivity index (χ2n) is 6.28. The summed E-state index contributed by atoms with van der Waals surface area (Å²) in [6.07, 6.45) is 5.46. The Bertz CT molecular complexity index is 727. The van der Waals surface area contributed by atoms with Gasteiger partial charge < -0.3 is 14.2 Å². The number of rotatable bonds is 2. The number of hydrogen-bond donors (Lipinski definition) is 0. The highest BCUT2D eigenvalue weighted by Crippen LogP contribution is 2.34. The van der Waals surface area contributed by atoms with E-state index < -0.39 is 0 Å². The minimum Gasteiger partial charge on any atom is -0.466 e. The molecule has 6 heteroatoms. The maximum absolute atomic E-state index is 12.9. The standard InChI is InChI=1S/C17H20N4O2/c1-11-10-13(12(2)23-11)16(22)20-8-4-15-14(20)5-9-21(15)17-18-6-3-7-19-17/h3,6-7,10,14-15H,4-5,8-9H2,1-2H3/t14-,15+/m1/s1. The molecule has 0 radical (unpaired) electrons. The van der Waals surface area contributed by atoms with Gasteiger partial charge in [0.1, 0.15) is 11.5 Å². The van der Waals surface area contributed by atoms with Crippen LogP contribution in [0.25, 0.3) is 0 Å². The average Bonchev–Trinajstić information content (AvgIpc) is 3.22. The first kappa shape index (κ1) is 14.2. The fourth-order valence-corrected chi connectivity index (χ4v) is 3.92. The van der Waals surface area contributed by atoms with Crippen LogP contribution in [0.4, 0.5) is 5.95 Å². The number of carbonyl (C=O) groups excluding carboxylic acids is 1. The maximum Gasteiger partial charge on any atom is 0.257 e. The third-order valence-corrected chi connectivity index (χ3v) is 4.92. The quantitative estimate of drug-likeness (QED) is 0.850. The van der Waals surface area contributed by atoms with Gasteiger partial charge in [-0.2, -0.15) is 0 Å². The summed E-state index contributed by atoms with van der Waals surface area (Å²) < 4.78 is 5.52. The molecule has 2 fully saturated rings. The molecule has 0 spiro atoms. The smallest absolute Gasteiger partial charge is 0.257 e. The molecule has 0 unspecified atom stereocenters. The lowest BCUT2D eigenvalue weighted by molar-refractivity contribution is 0.0736. The van der Waals surface area contributed by atoms with Gasteiger partial charge in [0.25, 0.3) is 5.91 Å². The number of aromatic nitrogens is 2. The summed E-state index contributed by atoms with van der Waals surface area (Å²) >= 11 is 0. The van der Waals surface area contributed by atoms with Gasteiger partial charge in [0.15, 0.2) is 0 Å². The number of hydrogen-bond acceptors (Lipinski definition) is 5. The van der Waals surface area contributed by atoms with E-state index >= 15 is 0 Å². The molecular weight excluding hydrogens is 292 g/mol. The van der Waals surface area contributed by atoms with E-state index in [1.165, 1.54) is 0 Å². The molecule has 2 aliphatic heterocycles. The van der Waals surface area contributed by atoms with E-state index in [0.717, 1.165) is 37.6 Å². The Morgan fingerprint density at radius 1 is 1.17 bits per heavy atom. The maximum atomic E-state index is 12.9. The number of furan rings is 1. The number of amides is 1. The van der Waals surface area contributed by atoms with E-state index in [2.05, 4.69) is 14.9 Å². The Hall–Kier alpha value is -2.37. The van der Waals surface area contributed by atoms with E-state index in [4.69, 9.17) is 4.42 Å². The molecule has 0 aliphatic carbocycles. The number of nitrogens with zero attached hydrogens (tertiary/aromatic N) is 4. The van der Waals surface area contributed by atoms with Gasteiger partial charge in [0.2, 0.25) is 5.95 Å². The van der Waals surface area contributed by atoms with Crippen molar-refractivity contribution in [3.05, 3.63) is 41.6 Å². The summed E-state index contributed by atoms with van der Waals surface area (Å²) in [6, 6.07) is 4.22. The lowest BCUT2D eigenvalue weighted by Crippen LogP contribution is -2.40. The van der Waals surface area contributed by atoms with Crippen LogP contribution in [-0.2, 0) is 0 Å². The summed E-state index contributed by atoms with van der Waals surface area (Å²) in [5, 5.41) is 0. The van der Waals surface area contributed by atoms with Crippen molar-refractivity contribution in [2.75, 3.05) is 18.0 Å². The molecule has 23 heavy (non-hydrogen) atoms. The molecule has 0 aromatic carbocycles. The average molecular weight is 312 g/mol. The van der Waals surface area contributed by atoms with Crippen molar-refractivity contribution in [1.82, 2.24) is 14.9 Å². The van der Waals surface area contributed by atoms with Crippen molar-refractivity contribution < 1.29 is 9.21 Å². The van der Waals surface area contributed by atoms with Crippen LogP contribution >= 0.6 is 0 Å². The molecule has 4 rings (SSSR count). The zero-order chi connectivity index (χ0) is 16.0. The van der Waals surface area contributed by atoms with Crippen molar-refractivity contribution >= 4 is 11.9 Å². The first-order chi connectivity index (χ1) is 11.1. The molecule has 0 bridgehead atoms. The molecule has 2 atom stereocenters. The van der Waals surface area contributed by atoms with Crippen LogP contribution in [0.1, 0.15) is 34.7 Å². The minimum absolute atomic E-state index is 0.0858. The molecule has 0 N–H and O–H groups in total. The van der Waals surface area contributed by atoms with E-state index in [1.807, 2.05) is 30.9 Å². The predicted octanol–water partition coefficient (Wildman–Crippen LogP) is 2.18. The zero-order valence-electron chi connectivity index (χ0n) is 13.4. The summed E-state index contributed by atoms with van der Waals surface area (Å²) in [6.45, 7) is 5.40. The van der Waals surface area contributed by atoms with Crippen LogP contribution < -0.4 is 4.90 Å². The molecule has 2 aromatic heterocycles. The molecule has 4 heterocycles. The predicted molar refractivity (Wildman–Crippen MR) is 85.4 cm³/mol. The first-order valence-electron chi connectivity index (χ1n) is 8.07. The molecule has 1 amide bonds. The van der Waals surface area contributed by atoms with Crippen LogP contribution in [0, 0.1) is 13.8 Å². The molecule has 2 aromatic rings. The van der Waals surface area contributed by atoms with Crippen molar-refractivity contribution in [1.29, 1.82) is 0 Å². The summed E-state index contributed by atoms with van der Waals surface area (Å²) in [7, 11) is 0. The normalized spacial score (nSPS) is 23.4. The third kappa shape index (κ3) is 2.29. The van der Waals surface area contributed by atoms with Crippen molar-refractivity contribution in [2.24, 2.45) is 0 Å². The first-order valence-corrected chi connectivity index (χ1v) is 8.07. The molecule has 2 saturated heterocycles. The van der Waals surface area contributed by atoms with Gasteiger partial charge in [-0.1, -0.05) is 0 Å². The van der Waals surface area contributed by atoms with Crippen molar-refractivity contribution in [3.8, 4) is 0 Å². The largest absolute Gasteiger partial charge is 0.466 e. The Kier molecular flexibility index (Phi) is 3.32. The SMILES string of the molecule is Cc1cc(C(=O)N2CC[C@H]3[C@H]2CCN3c2ncccn2)c(C)o1. The minimum atomic E-state index is 0.0858. The molecule has 2 aliphatic rings. The van der Waals surface area contributed by atoms with Crippen LogP contribution in [0.2, 0.25) is 0 Å². The summed E-state index contributed by atoms with van der Waals surface area (Å²) in [5.74, 6) is 2.34. The van der Waals surface area contributed by atoms with Crippen LogP contribution in [0.3, 0.4) is 0 Å². The number of likely N-dealkylation sites (tertiary alicyclic amines) is 1. The summed E-state index contributed by atoms with van der Waals surface area (Å²) in [4.78, 5) is 25.9. The molecule has 120 valence electrons. The number of carbonyl (C=O) groups is 1. The number of anilines is 1. The lowest BCUT2D eigenvalue weighted by Gasteiger charge is -2.25. The van der Waals surface area contributed by atoms with Crippen molar-refractivity contribution in [3.63, 3.8) is 0 Å². The molecule has 6 nitrogen and oxygen atoms in total. The Morgan fingerprint density at radius 2 is 1.91 bits per heavy atom. The Labute approximate surface area is 135 Å². The number of aryl methyl sites for hydroxylation is 2. The molecule has 0 saturated carbocycles. The highest BCUT2D eigenvalue weighted by Gasteiger charge is 2.45. The Balaban J connectivity index is 1.56.